The number of carbonyl (C=O) groups is 3. The molecule has 0 fully saturated rings. The first kappa shape index (κ1) is 22.1. The molecular weight excluding hydrogens is 350 g/mol. The van der Waals surface area contributed by atoms with E-state index < -0.39 is 17.8 Å². The number of anilines is 1. The van der Waals surface area contributed by atoms with E-state index in [1.807, 2.05) is 6.92 Å². The summed E-state index contributed by atoms with van der Waals surface area (Å²) in [5, 5.41) is 6.59. The van der Waals surface area contributed by atoms with Crippen molar-refractivity contribution in [3.63, 3.8) is 0 Å². The summed E-state index contributed by atoms with van der Waals surface area (Å²) < 4.78 is 10.2. The van der Waals surface area contributed by atoms with Crippen molar-refractivity contribution in [1.82, 2.24) is 5.43 Å². The molecule has 0 heterocycles. The van der Waals surface area contributed by atoms with E-state index in [9.17, 15) is 14.4 Å². The van der Waals surface area contributed by atoms with Crippen molar-refractivity contribution in [2.45, 2.75) is 40.5 Å². The summed E-state index contributed by atoms with van der Waals surface area (Å²) in [5.74, 6) is -0.918. The van der Waals surface area contributed by atoms with Gasteiger partial charge in [0.25, 0.3) is 0 Å². The third-order valence-corrected chi connectivity index (χ3v) is 3.65. The molecule has 1 unspecified atom stereocenters. The second-order valence-corrected chi connectivity index (χ2v) is 5.77. The van der Waals surface area contributed by atoms with Gasteiger partial charge >= 0.3 is 5.97 Å². The molecule has 1 aromatic carbocycles. The number of hydrogen-bond donors (Lipinski definition) is 2. The molecule has 1 aromatic rings. The Bertz CT molecular complexity index is 670. The Labute approximate surface area is 159 Å². The summed E-state index contributed by atoms with van der Waals surface area (Å²) in [5.41, 5.74) is 3.40. The summed E-state index contributed by atoms with van der Waals surface area (Å²) in [4.78, 5) is 35.3. The third kappa shape index (κ3) is 8.35. The van der Waals surface area contributed by atoms with Crippen LogP contribution in [0.25, 0.3) is 0 Å². The van der Waals surface area contributed by atoms with Gasteiger partial charge in [0.1, 0.15) is 5.75 Å². The highest BCUT2D eigenvalue weighted by molar-refractivity contribution is 6.01. The minimum Gasteiger partial charge on any atom is -0.494 e. The lowest BCUT2D eigenvalue weighted by Crippen LogP contribution is -2.26. The molecule has 0 aliphatic heterocycles. The lowest BCUT2D eigenvalue weighted by Gasteiger charge is -2.10. The predicted octanol–water partition coefficient (Wildman–Crippen LogP) is 2.50. The topological polar surface area (TPSA) is 106 Å². The average Bonchev–Trinajstić information content (AvgIpc) is 2.65. The number of carbonyl (C=O) groups excluding carboxylic acids is 3. The molecule has 148 valence electrons. The highest BCUT2D eigenvalue weighted by Crippen LogP contribution is 2.15. The van der Waals surface area contributed by atoms with Gasteiger partial charge in [-0.3, -0.25) is 14.4 Å². The zero-order valence-corrected chi connectivity index (χ0v) is 16.2. The van der Waals surface area contributed by atoms with Crippen molar-refractivity contribution in [1.29, 1.82) is 0 Å². The summed E-state index contributed by atoms with van der Waals surface area (Å²) in [6, 6.07) is 6.98. The molecule has 0 bridgehead atoms. The van der Waals surface area contributed by atoms with E-state index in [1.54, 1.807) is 45.0 Å². The van der Waals surface area contributed by atoms with Crippen LogP contribution in [-0.2, 0) is 19.1 Å². The molecule has 0 radical (unpaired) electrons. The number of nitrogens with one attached hydrogen (secondary N) is 2. The molecule has 1 rings (SSSR count). The maximum absolute atomic E-state index is 11.9. The van der Waals surface area contributed by atoms with E-state index in [0.29, 0.717) is 18.0 Å². The number of nitrogens with zero attached hydrogens (tertiary/aromatic N) is 1. The van der Waals surface area contributed by atoms with Gasteiger partial charge in [0.05, 0.1) is 19.1 Å². The molecule has 27 heavy (non-hydrogen) atoms. The molecule has 0 aliphatic rings. The van der Waals surface area contributed by atoms with E-state index in [4.69, 9.17) is 9.47 Å². The van der Waals surface area contributed by atoms with Crippen LogP contribution in [0.3, 0.4) is 0 Å². The molecule has 2 amide bonds. The van der Waals surface area contributed by atoms with Crippen molar-refractivity contribution in [3.05, 3.63) is 24.3 Å². The van der Waals surface area contributed by atoms with Crippen LogP contribution in [0.4, 0.5) is 5.69 Å². The fourth-order valence-electron chi connectivity index (χ4n) is 1.99. The minimum atomic E-state index is -0.548. The zero-order chi connectivity index (χ0) is 20.2. The van der Waals surface area contributed by atoms with Gasteiger partial charge in [-0.2, -0.15) is 5.10 Å². The first-order valence-corrected chi connectivity index (χ1v) is 8.89. The Hall–Kier alpha value is -2.90. The fourth-order valence-corrected chi connectivity index (χ4v) is 1.99. The molecule has 1 atom stereocenters. The Balaban J connectivity index is 2.39. The van der Waals surface area contributed by atoms with Crippen LogP contribution in [-0.4, -0.2) is 36.7 Å². The molecule has 0 saturated carbocycles. The molecule has 0 spiro atoms. The van der Waals surface area contributed by atoms with Crippen molar-refractivity contribution in [2.24, 2.45) is 11.0 Å². The Kier molecular flexibility index (Phi) is 9.57. The smallest absolute Gasteiger partial charge is 0.314 e. The van der Waals surface area contributed by atoms with Gasteiger partial charge in [-0.15, -0.1) is 0 Å². The Morgan fingerprint density at radius 1 is 1.04 bits per heavy atom. The van der Waals surface area contributed by atoms with Gasteiger partial charge in [-0.05, 0) is 52.0 Å². The normalized spacial score (nSPS) is 12.1. The highest BCUT2D eigenvalue weighted by Gasteiger charge is 2.17. The van der Waals surface area contributed by atoms with Crippen LogP contribution in [0.2, 0.25) is 0 Å². The number of amides is 2. The van der Waals surface area contributed by atoms with Crippen LogP contribution < -0.4 is 15.5 Å². The number of rotatable bonds is 10. The number of hydrazone groups is 1. The predicted molar refractivity (Wildman–Crippen MR) is 103 cm³/mol. The lowest BCUT2D eigenvalue weighted by atomic mass is 10.1. The molecule has 0 aromatic heterocycles. The second-order valence-electron chi connectivity index (χ2n) is 5.77. The van der Waals surface area contributed by atoms with E-state index in [0.717, 1.165) is 5.75 Å². The van der Waals surface area contributed by atoms with Crippen LogP contribution in [0.5, 0.6) is 5.75 Å². The van der Waals surface area contributed by atoms with E-state index in [1.165, 1.54) is 0 Å². The SMILES string of the molecule is CCOC(=O)C(C)C(C)=NNC(=O)CCC(=O)Nc1ccc(OCC)cc1. The van der Waals surface area contributed by atoms with Gasteiger partial charge in [0.2, 0.25) is 11.8 Å². The van der Waals surface area contributed by atoms with Gasteiger partial charge in [-0.1, -0.05) is 0 Å². The number of benzene rings is 1. The lowest BCUT2D eigenvalue weighted by molar-refractivity contribution is -0.145. The second kappa shape index (κ2) is 11.7. The van der Waals surface area contributed by atoms with Gasteiger partial charge in [0.15, 0.2) is 0 Å². The average molecular weight is 377 g/mol. The van der Waals surface area contributed by atoms with Crippen molar-refractivity contribution in [2.75, 3.05) is 18.5 Å². The largest absolute Gasteiger partial charge is 0.494 e. The maximum atomic E-state index is 11.9. The van der Waals surface area contributed by atoms with E-state index in [2.05, 4.69) is 15.8 Å². The number of ether oxygens (including phenoxy) is 2. The quantitative estimate of drug-likeness (QED) is 0.370. The summed E-state index contributed by atoms with van der Waals surface area (Å²) in [6.45, 7) is 7.74. The Morgan fingerprint density at radius 2 is 1.67 bits per heavy atom. The first-order valence-electron chi connectivity index (χ1n) is 8.89. The van der Waals surface area contributed by atoms with E-state index in [-0.39, 0.29) is 25.4 Å². The van der Waals surface area contributed by atoms with Crippen LogP contribution in [0, 0.1) is 5.92 Å². The summed E-state index contributed by atoms with van der Waals surface area (Å²) >= 11 is 0. The van der Waals surface area contributed by atoms with Gasteiger partial charge in [0, 0.05) is 24.2 Å². The molecule has 0 aliphatic carbocycles. The van der Waals surface area contributed by atoms with Crippen LogP contribution >= 0.6 is 0 Å². The van der Waals surface area contributed by atoms with E-state index >= 15 is 0 Å². The third-order valence-electron chi connectivity index (χ3n) is 3.65. The highest BCUT2D eigenvalue weighted by atomic mass is 16.5. The van der Waals surface area contributed by atoms with Crippen molar-refractivity contribution in [3.8, 4) is 5.75 Å². The molecule has 8 nitrogen and oxygen atoms in total. The molecule has 2 N–H and O–H groups in total. The van der Waals surface area contributed by atoms with Crippen molar-refractivity contribution < 1.29 is 23.9 Å². The molecule has 0 saturated heterocycles. The van der Waals surface area contributed by atoms with Gasteiger partial charge in [-0.25, -0.2) is 5.43 Å². The van der Waals surface area contributed by atoms with Gasteiger partial charge < -0.3 is 14.8 Å². The first-order chi connectivity index (χ1) is 12.9. The minimum absolute atomic E-state index is 0.0149. The van der Waals surface area contributed by atoms with Crippen molar-refractivity contribution >= 4 is 29.2 Å². The monoisotopic (exact) mass is 377 g/mol. The zero-order valence-electron chi connectivity index (χ0n) is 16.2. The fraction of sp³-hybridized carbons (Fsp3) is 0.474. The molecular formula is C19H27N3O5. The summed E-state index contributed by atoms with van der Waals surface area (Å²) in [7, 11) is 0. The molecule has 8 heteroatoms. The number of esters is 1. The maximum Gasteiger partial charge on any atom is 0.314 e. The standard InChI is InChI=1S/C19H27N3O5/c1-5-26-16-9-7-15(8-10-16)20-17(23)11-12-18(24)22-21-14(4)13(3)19(25)27-6-2/h7-10,13H,5-6,11-12H2,1-4H3,(H,20,23)(H,22,24). The number of hydrogen-bond acceptors (Lipinski definition) is 6. The summed E-state index contributed by atoms with van der Waals surface area (Å²) in [6.07, 6.45) is -0.00548. The van der Waals surface area contributed by atoms with Crippen LogP contribution in [0.15, 0.2) is 29.4 Å². The Morgan fingerprint density at radius 3 is 2.26 bits per heavy atom. The van der Waals surface area contributed by atoms with Crippen LogP contribution in [0.1, 0.15) is 40.5 Å².